The molecule has 0 radical (unpaired) electrons. The molecule has 2 heterocycles. The molecule has 0 bridgehead atoms. The van der Waals surface area contributed by atoms with Crippen molar-refractivity contribution >= 4 is 32.8 Å². The van der Waals surface area contributed by atoms with Crippen LogP contribution in [-0.4, -0.2) is 55.1 Å². The number of methoxy groups -OCH3 is 2. The number of imidazole rings is 1. The first-order valence-corrected chi connectivity index (χ1v) is 11.1. The van der Waals surface area contributed by atoms with Crippen LogP contribution in [0.1, 0.15) is 36.8 Å². The van der Waals surface area contributed by atoms with Crippen LogP contribution in [0, 0.1) is 13.8 Å². The van der Waals surface area contributed by atoms with Crippen LogP contribution < -0.4 is 4.90 Å². The number of benzene rings is 1. The van der Waals surface area contributed by atoms with Gasteiger partial charge in [0.2, 0.25) is 0 Å². The number of pyridine rings is 1. The Morgan fingerprint density at radius 1 is 1.03 bits per heavy atom. The second-order valence-electron chi connectivity index (χ2n) is 7.79. The molecule has 0 N–H and O–H groups in total. The normalized spacial score (nSPS) is 11.6. The van der Waals surface area contributed by atoms with Crippen LogP contribution in [0.15, 0.2) is 28.7 Å². The summed E-state index contributed by atoms with van der Waals surface area (Å²) in [5.74, 6) is 1.37. The zero-order valence-corrected chi connectivity index (χ0v) is 20.3. The Balaban J connectivity index is 2.16. The maximum absolute atomic E-state index is 5.33. The maximum Gasteiger partial charge on any atom is 0.167 e. The van der Waals surface area contributed by atoms with E-state index in [9.17, 15) is 0 Å². The first-order chi connectivity index (χ1) is 14.4. The van der Waals surface area contributed by atoms with Crippen molar-refractivity contribution in [2.45, 2.75) is 33.6 Å². The van der Waals surface area contributed by atoms with Gasteiger partial charge in [-0.3, -0.25) is 4.57 Å². The highest BCUT2D eigenvalue weighted by molar-refractivity contribution is 9.10. The number of halogens is 1. The second kappa shape index (κ2) is 9.90. The average Bonchev–Trinajstić information content (AvgIpc) is 3.03. The first kappa shape index (κ1) is 22.7. The van der Waals surface area contributed by atoms with Crippen LogP contribution in [0.2, 0.25) is 0 Å². The van der Waals surface area contributed by atoms with Gasteiger partial charge in [0.25, 0.3) is 0 Å². The number of aromatic nitrogens is 3. The van der Waals surface area contributed by atoms with E-state index in [2.05, 4.69) is 63.5 Å². The van der Waals surface area contributed by atoms with Crippen molar-refractivity contribution in [1.29, 1.82) is 0 Å². The van der Waals surface area contributed by atoms with E-state index in [1.807, 2.05) is 13.8 Å². The highest BCUT2D eigenvalue weighted by atomic mass is 79.9. The minimum Gasteiger partial charge on any atom is -0.383 e. The van der Waals surface area contributed by atoms with Crippen LogP contribution in [-0.2, 0) is 9.47 Å². The fraction of sp³-hybridized carbons (Fsp3) is 0.478. The summed E-state index contributed by atoms with van der Waals surface area (Å²) in [5, 5.41) is 0. The van der Waals surface area contributed by atoms with Gasteiger partial charge in [0.05, 0.1) is 24.6 Å². The largest absolute Gasteiger partial charge is 0.383 e. The Bertz CT molecular complexity index is 1010. The van der Waals surface area contributed by atoms with Gasteiger partial charge in [-0.15, -0.1) is 0 Å². The van der Waals surface area contributed by atoms with Gasteiger partial charge in [0.1, 0.15) is 11.3 Å². The van der Waals surface area contributed by atoms with E-state index in [0.717, 1.165) is 51.6 Å². The monoisotopic (exact) mass is 474 g/mol. The molecule has 2 aromatic heterocycles. The van der Waals surface area contributed by atoms with Gasteiger partial charge in [-0.1, -0.05) is 19.9 Å². The third-order valence-corrected chi connectivity index (χ3v) is 5.88. The van der Waals surface area contributed by atoms with Gasteiger partial charge in [-0.25, -0.2) is 9.97 Å². The summed E-state index contributed by atoms with van der Waals surface area (Å²) in [7, 11) is 3.44. The minimum absolute atomic E-state index is 0.470. The summed E-state index contributed by atoms with van der Waals surface area (Å²) in [6.45, 7) is 11.2. The Labute approximate surface area is 187 Å². The number of hydrogen-bond donors (Lipinski definition) is 0. The topological polar surface area (TPSA) is 52.4 Å². The first-order valence-electron chi connectivity index (χ1n) is 10.3. The summed E-state index contributed by atoms with van der Waals surface area (Å²) in [4.78, 5) is 12.0. The van der Waals surface area contributed by atoms with Gasteiger partial charge in [0.15, 0.2) is 5.65 Å². The van der Waals surface area contributed by atoms with E-state index in [4.69, 9.17) is 19.4 Å². The summed E-state index contributed by atoms with van der Waals surface area (Å²) >= 11 is 3.77. The molecule has 30 heavy (non-hydrogen) atoms. The predicted octanol–water partition coefficient (Wildman–Crippen LogP) is 5.02. The van der Waals surface area contributed by atoms with Gasteiger partial charge < -0.3 is 14.4 Å². The lowest BCUT2D eigenvalue weighted by molar-refractivity contribution is 0.190. The molecule has 0 atom stereocenters. The van der Waals surface area contributed by atoms with E-state index >= 15 is 0 Å². The quantitative estimate of drug-likeness (QED) is 0.435. The zero-order valence-electron chi connectivity index (χ0n) is 18.7. The standard InChI is InChI=1S/C23H31BrN4O2/c1-15(2)18-7-8-20(19(24)14-18)28-17(4)26-22-21(13-16(3)25-23(22)28)27(9-11-29-5)10-12-30-6/h7-8,13-15H,9-12H2,1-6H3. The van der Waals surface area contributed by atoms with Gasteiger partial charge in [-0.2, -0.15) is 0 Å². The second-order valence-corrected chi connectivity index (χ2v) is 8.64. The van der Waals surface area contributed by atoms with E-state index in [1.165, 1.54) is 5.56 Å². The third-order valence-electron chi connectivity index (χ3n) is 5.24. The number of anilines is 1. The van der Waals surface area contributed by atoms with Gasteiger partial charge >= 0.3 is 0 Å². The molecule has 0 aliphatic heterocycles. The molecule has 0 aliphatic rings. The van der Waals surface area contributed by atoms with E-state index in [1.54, 1.807) is 14.2 Å². The molecule has 3 aromatic rings. The van der Waals surface area contributed by atoms with Crippen LogP contribution in [0.25, 0.3) is 16.9 Å². The van der Waals surface area contributed by atoms with E-state index in [0.29, 0.717) is 19.1 Å². The molecule has 6 nitrogen and oxygen atoms in total. The number of ether oxygens (including phenoxy) is 2. The SMILES string of the molecule is COCCN(CCOC)c1cc(C)nc2c1nc(C)n2-c1ccc(C(C)C)cc1Br. The lowest BCUT2D eigenvalue weighted by Gasteiger charge is -2.24. The Morgan fingerprint density at radius 2 is 1.70 bits per heavy atom. The molecule has 3 rings (SSSR count). The molecular weight excluding hydrogens is 444 g/mol. The number of rotatable bonds is 9. The lowest BCUT2D eigenvalue weighted by atomic mass is 10.0. The molecule has 0 aliphatic carbocycles. The van der Waals surface area contributed by atoms with Crippen LogP contribution in [0.4, 0.5) is 5.69 Å². The highest BCUT2D eigenvalue weighted by Gasteiger charge is 2.20. The molecule has 1 aromatic carbocycles. The van der Waals surface area contributed by atoms with E-state index in [-0.39, 0.29) is 0 Å². The molecule has 0 amide bonds. The van der Waals surface area contributed by atoms with Crippen molar-refractivity contribution in [2.75, 3.05) is 45.4 Å². The molecule has 0 saturated carbocycles. The summed E-state index contributed by atoms with van der Waals surface area (Å²) in [6, 6.07) is 8.61. The number of hydrogen-bond acceptors (Lipinski definition) is 5. The Kier molecular flexibility index (Phi) is 7.50. The van der Waals surface area contributed by atoms with Gasteiger partial charge in [0, 0.05) is 37.5 Å². The van der Waals surface area contributed by atoms with Crippen LogP contribution in [0.5, 0.6) is 0 Å². The van der Waals surface area contributed by atoms with Crippen LogP contribution in [0.3, 0.4) is 0 Å². The smallest absolute Gasteiger partial charge is 0.167 e. The highest BCUT2D eigenvalue weighted by Crippen LogP contribution is 2.33. The molecular formula is C23H31BrN4O2. The fourth-order valence-electron chi connectivity index (χ4n) is 3.61. The van der Waals surface area contributed by atoms with Crippen molar-refractivity contribution in [3.05, 3.63) is 45.8 Å². The molecule has 7 heteroatoms. The van der Waals surface area contributed by atoms with Crippen molar-refractivity contribution in [3.8, 4) is 5.69 Å². The van der Waals surface area contributed by atoms with Crippen molar-refractivity contribution in [3.63, 3.8) is 0 Å². The van der Waals surface area contributed by atoms with Gasteiger partial charge in [-0.05, 0) is 59.5 Å². The third kappa shape index (κ3) is 4.68. The van der Waals surface area contributed by atoms with E-state index < -0.39 is 0 Å². The Morgan fingerprint density at radius 3 is 2.27 bits per heavy atom. The summed E-state index contributed by atoms with van der Waals surface area (Å²) in [5.41, 5.74) is 6.11. The molecule has 0 unspecified atom stereocenters. The molecule has 162 valence electrons. The van der Waals surface area contributed by atoms with Crippen LogP contribution >= 0.6 is 15.9 Å². The summed E-state index contributed by atoms with van der Waals surface area (Å²) < 4.78 is 13.8. The zero-order chi connectivity index (χ0) is 21.8. The molecule has 0 saturated heterocycles. The maximum atomic E-state index is 5.33. The number of fused-ring (bicyclic) bond motifs is 1. The lowest BCUT2D eigenvalue weighted by Crippen LogP contribution is -2.31. The predicted molar refractivity (Wildman–Crippen MR) is 126 cm³/mol. The minimum atomic E-state index is 0.470. The molecule has 0 spiro atoms. The summed E-state index contributed by atoms with van der Waals surface area (Å²) in [6.07, 6.45) is 0. The number of nitrogens with zero attached hydrogens (tertiary/aromatic N) is 4. The molecule has 0 fully saturated rings. The fourth-order valence-corrected chi connectivity index (χ4v) is 4.18. The van der Waals surface area contributed by atoms with Crippen molar-refractivity contribution in [1.82, 2.24) is 14.5 Å². The van der Waals surface area contributed by atoms with Crippen molar-refractivity contribution < 1.29 is 9.47 Å². The Hall–Kier alpha value is -1.96. The average molecular weight is 475 g/mol. The number of aryl methyl sites for hydroxylation is 2. The van der Waals surface area contributed by atoms with Crippen molar-refractivity contribution in [2.24, 2.45) is 0 Å².